The van der Waals surface area contributed by atoms with Gasteiger partial charge in [-0.15, -0.1) is 0 Å². The van der Waals surface area contributed by atoms with Crippen LogP contribution >= 0.6 is 0 Å². The molecule has 1 aliphatic heterocycles. The maximum Gasteiger partial charge on any atom is 0.243 e. The van der Waals surface area contributed by atoms with E-state index in [2.05, 4.69) is 31.9 Å². The number of likely N-dealkylation sites (N-methyl/N-ethyl adjacent to an activating group) is 1. The lowest BCUT2D eigenvalue weighted by Gasteiger charge is -2.44. The molecule has 2 fully saturated rings. The first-order valence-electron chi connectivity index (χ1n) is 6.93. The molecule has 2 unspecified atom stereocenters. The summed E-state index contributed by atoms with van der Waals surface area (Å²) in [7, 11) is 2.10. The van der Waals surface area contributed by atoms with Crippen LogP contribution in [-0.4, -0.2) is 47.9 Å². The second-order valence-electron chi connectivity index (χ2n) is 5.97. The number of carbonyl (C=O) groups excluding carboxylic acids is 1. The molecule has 4 nitrogen and oxygen atoms in total. The van der Waals surface area contributed by atoms with Crippen LogP contribution in [0.25, 0.3) is 0 Å². The van der Waals surface area contributed by atoms with Crippen LogP contribution in [0.3, 0.4) is 0 Å². The molecule has 4 heteroatoms. The minimum atomic E-state index is -0.713. The molecule has 1 amide bonds. The van der Waals surface area contributed by atoms with Gasteiger partial charge in [-0.2, -0.15) is 5.26 Å². The van der Waals surface area contributed by atoms with Crippen LogP contribution < -0.4 is 0 Å². The number of hydrogen-bond acceptors (Lipinski definition) is 3. The third-order valence-electron chi connectivity index (χ3n) is 4.73. The summed E-state index contributed by atoms with van der Waals surface area (Å²) in [4.78, 5) is 16.9. The lowest BCUT2D eigenvalue weighted by atomic mass is 9.85. The highest BCUT2D eigenvalue weighted by atomic mass is 16.2. The fraction of sp³-hybridized carbons (Fsp3) is 0.857. The normalized spacial score (nSPS) is 32.2. The van der Waals surface area contributed by atoms with Crippen molar-refractivity contribution >= 4 is 5.91 Å². The lowest BCUT2D eigenvalue weighted by Crippen LogP contribution is -2.58. The van der Waals surface area contributed by atoms with E-state index in [9.17, 15) is 10.1 Å². The summed E-state index contributed by atoms with van der Waals surface area (Å²) >= 11 is 0. The molecule has 1 aliphatic carbocycles. The number of rotatable bonds is 1. The van der Waals surface area contributed by atoms with E-state index in [1.165, 1.54) is 0 Å². The Kier molecular flexibility index (Phi) is 3.63. The molecular formula is C14H23N3O. The predicted octanol–water partition coefficient (Wildman–Crippen LogP) is 1.62. The van der Waals surface area contributed by atoms with Gasteiger partial charge < -0.3 is 4.90 Å². The summed E-state index contributed by atoms with van der Waals surface area (Å²) < 4.78 is 0. The maximum absolute atomic E-state index is 12.6. The van der Waals surface area contributed by atoms with Crippen molar-refractivity contribution in [2.45, 2.75) is 51.6 Å². The molecule has 1 saturated heterocycles. The number of nitriles is 1. The molecule has 0 aromatic carbocycles. The highest BCUT2D eigenvalue weighted by Crippen LogP contribution is 2.39. The van der Waals surface area contributed by atoms with Gasteiger partial charge in [0.05, 0.1) is 6.07 Å². The van der Waals surface area contributed by atoms with Crippen molar-refractivity contribution in [3.63, 3.8) is 0 Å². The van der Waals surface area contributed by atoms with Crippen molar-refractivity contribution in [1.82, 2.24) is 9.80 Å². The van der Waals surface area contributed by atoms with Crippen molar-refractivity contribution in [2.24, 2.45) is 5.41 Å². The van der Waals surface area contributed by atoms with Crippen LogP contribution in [0.5, 0.6) is 0 Å². The molecule has 0 bridgehead atoms. The summed E-state index contributed by atoms with van der Waals surface area (Å²) in [5.41, 5.74) is -0.713. The first-order chi connectivity index (χ1) is 8.50. The van der Waals surface area contributed by atoms with E-state index in [4.69, 9.17) is 0 Å². The summed E-state index contributed by atoms with van der Waals surface area (Å²) in [6, 6.07) is 3.05. The second-order valence-corrected chi connectivity index (χ2v) is 5.97. The molecule has 0 aromatic heterocycles. The Morgan fingerprint density at radius 1 is 1.22 bits per heavy atom. The molecule has 18 heavy (non-hydrogen) atoms. The average Bonchev–Trinajstić information content (AvgIpc) is 2.84. The molecule has 2 rings (SSSR count). The standard InChI is InChI=1S/C14H23N3O/c1-11-8-17(9-12(2)16(11)3)13(18)14(10-15)6-4-5-7-14/h11-12H,4-9H2,1-3H3. The Hall–Kier alpha value is -1.08. The van der Waals surface area contributed by atoms with Crippen molar-refractivity contribution in [1.29, 1.82) is 5.26 Å². The summed E-state index contributed by atoms with van der Waals surface area (Å²) in [5, 5.41) is 9.39. The van der Waals surface area contributed by atoms with Crippen LogP contribution in [0.1, 0.15) is 39.5 Å². The Balaban J connectivity index is 2.12. The number of carbonyl (C=O) groups is 1. The maximum atomic E-state index is 12.6. The van der Waals surface area contributed by atoms with Crippen LogP contribution in [0.15, 0.2) is 0 Å². The molecule has 0 radical (unpaired) electrons. The average molecular weight is 249 g/mol. The molecule has 0 aromatic rings. The molecular weight excluding hydrogens is 226 g/mol. The largest absolute Gasteiger partial charge is 0.338 e. The van der Waals surface area contributed by atoms with Gasteiger partial charge in [0, 0.05) is 25.2 Å². The van der Waals surface area contributed by atoms with Crippen LogP contribution in [0.4, 0.5) is 0 Å². The predicted molar refractivity (Wildman–Crippen MR) is 69.8 cm³/mol. The first-order valence-corrected chi connectivity index (χ1v) is 6.93. The molecule has 100 valence electrons. The van der Waals surface area contributed by atoms with E-state index in [1.54, 1.807) is 0 Å². The van der Waals surface area contributed by atoms with Gasteiger partial charge in [-0.25, -0.2) is 0 Å². The summed E-state index contributed by atoms with van der Waals surface area (Å²) in [6.45, 7) is 5.79. The molecule has 0 N–H and O–H groups in total. The van der Waals surface area contributed by atoms with Gasteiger partial charge in [-0.05, 0) is 33.7 Å². The van der Waals surface area contributed by atoms with E-state index in [0.717, 1.165) is 38.8 Å². The minimum absolute atomic E-state index is 0.0781. The van der Waals surface area contributed by atoms with Crippen molar-refractivity contribution in [3.05, 3.63) is 0 Å². The number of nitrogens with zero attached hydrogens (tertiary/aromatic N) is 3. The first kappa shape index (κ1) is 13.4. The SMILES string of the molecule is CC1CN(C(=O)C2(C#N)CCCC2)CC(C)N1C. The number of amides is 1. The zero-order valence-electron chi connectivity index (χ0n) is 11.6. The fourth-order valence-corrected chi connectivity index (χ4v) is 3.22. The molecule has 2 atom stereocenters. The Bertz CT molecular complexity index is 356. The topological polar surface area (TPSA) is 47.3 Å². The quantitative estimate of drug-likeness (QED) is 0.709. The Morgan fingerprint density at radius 2 is 1.72 bits per heavy atom. The molecule has 0 spiro atoms. The highest BCUT2D eigenvalue weighted by Gasteiger charge is 2.45. The zero-order valence-corrected chi connectivity index (χ0v) is 11.6. The monoisotopic (exact) mass is 249 g/mol. The van der Waals surface area contributed by atoms with E-state index in [-0.39, 0.29) is 5.91 Å². The molecule has 1 heterocycles. The van der Waals surface area contributed by atoms with E-state index < -0.39 is 5.41 Å². The van der Waals surface area contributed by atoms with E-state index >= 15 is 0 Å². The van der Waals surface area contributed by atoms with Gasteiger partial charge in [0.25, 0.3) is 0 Å². The molecule has 1 saturated carbocycles. The van der Waals surface area contributed by atoms with Crippen LogP contribution in [0, 0.1) is 16.7 Å². The zero-order chi connectivity index (χ0) is 13.3. The highest BCUT2D eigenvalue weighted by molar-refractivity contribution is 5.86. The summed E-state index contributed by atoms with van der Waals surface area (Å²) in [6.07, 6.45) is 3.52. The van der Waals surface area contributed by atoms with Crippen molar-refractivity contribution < 1.29 is 4.79 Å². The van der Waals surface area contributed by atoms with Gasteiger partial charge in [-0.3, -0.25) is 9.69 Å². The number of piperazine rings is 1. The fourth-order valence-electron chi connectivity index (χ4n) is 3.22. The van der Waals surface area contributed by atoms with Gasteiger partial charge in [0.1, 0.15) is 5.41 Å². The van der Waals surface area contributed by atoms with Crippen molar-refractivity contribution in [2.75, 3.05) is 20.1 Å². The number of hydrogen-bond donors (Lipinski definition) is 0. The van der Waals surface area contributed by atoms with Crippen LogP contribution in [0.2, 0.25) is 0 Å². The Labute approximate surface area is 110 Å². The second kappa shape index (κ2) is 4.89. The molecule has 2 aliphatic rings. The Morgan fingerprint density at radius 3 is 2.17 bits per heavy atom. The van der Waals surface area contributed by atoms with E-state index in [1.807, 2.05) is 4.90 Å². The minimum Gasteiger partial charge on any atom is -0.338 e. The van der Waals surface area contributed by atoms with Gasteiger partial charge in [-0.1, -0.05) is 12.8 Å². The summed E-state index contributed by atoms with van der Waals surface area (Å²) in [5.74, 6) is 0.0781. The smallest absolute Gasteiger partial charge is 0.243 e. The van der Waals surface area contributed by atoms with Crippen molar-refractivity contribution in [3.8, 4) is 6.07 Å². The van der Waals surface area contributed by atoms with Gasteiger partial charge in [0.2, 0.25) is 5.91 Å². The lowest BCUT2D eigenvalue weighted by molar-refractivity contribution is -0.142. The van der Waals surface area contributed by atoms with Gasteiger partial charge >= 0.3 is 0 Å². The van der Waals surface area contributed by atoms with E-state index in [0.29, 0.717) is 12.1 Å². The third-order valence-corrected chi connectivity index (χ3v) is 4.73. The third kappa shape index (κ3) is 2.12. The van der Waals surface area contributed by atoms with Crippen LogP contribution in [-0.2, 0) is 4.79 Å². The van der Waals surface area contributed by atoms with Gasteiger partial charge in [0.15, 0.2) is 0 Å².